The molecule has 0 radical (unpaired) electrons. The number of pyridine rings is 2. The molecule has 7 heteroatoms. The number of hydrogen-bond donors (Lipinski definition) is 1. The molecule has 6 nitrogen and oxygen atoms in total. The van der Waals surface area contributed by atoms with Crippen molar-refractivity contribution in [3.05, 3.63) is 76.2 Å². The summed E-state index contributed by atoms with van der Waals surface area (Å²) in [4.78, 5) is 34.2. The SMILES string of the molecule is O=C(NC1=NCCS1)c1cc2cccnc2n(Cc2ccccc2)c1=O. The number of rotatable bonds is 3. The molecule has 0 spiro atoms. The molecule has 3 heterocycles. The van der Waals surface area contributed by atoms with E-state index in [1.807, 2.05) is 36.4 Å². The van der Waals surface area contributed by atoms with Gasteiger partial charge in [0.25, 0.3) is 11.5 Å². The van der Waals surface area contributed by atoms with Gasteiger partial charge in [0.2, 0.25) is 0 Å². The molecule has 1 N–H and O–H groups in total. The van der Waals surface area contributed by atoms with Crippen LogP contribution in [0.3, 0.4) is 0 Å². The summed E-state index contributed by atoms with van der Waals surface area (Å²) in [5, 5.41) is 4.04. The smallest absolute Gasteiger partial charge is 0.265 e. The summed E-state index contributed by atoms with van der Waals surface area (Å²) in [5.41, 5.74) is 1.26. The maximum absolute atomic E-state index is 13.0. The lowest BCUT2D eigenvalue weighted by Gasteiger charge is -2.12. The Morgan fingerprint density at radius 3 is 2.81 bits per heavy atom. The molecule has 0 atom stereocenters. The predicted molar refractivity (Wildman–Crippen MR) is 104 cm³/mol. The third kappa shape index (κ3) is 3.25. The minimum Gasteiger partial charge on any atom is -0.301 e. The van der Waals surface area contributed by atoms with E-state index in [9.17, 15) is 9.59 Å². The fourth-order valence-electron chi connectivity index (χ4n) is 2.86. The Kier molecular flexibility index (Phi) is 4.53. The Bertz CT molecular complexity index is 1060. The van der Waals surface area contributed by atoms with Gasteiger partial charge in [-0.2, -0.15) is 0 Å². The zero-order chi connectivity index (χ0) is 17.9. The number of thioether (sulfide) groups is 1. The van der Waals surface area contributed by atoms with Crippen LogP contribution >= 0.6 is 11.8 Å². The van der Waals surface area contributed by atoms with E-state index in [0.717, 1.165) is 16.7 Å². The summed E-state index contributed by atoms with van der Waals surface area (Å²) in [6.07, 6.45) is 1.65. The molecule has 0 fully saturated rings. The molecule has 3 aromatic rings. The summed E-state index contributed by atoms with van der Waals surface area (Å²) in [6.45, 7) is 1.03. The number of aliphatic imine (C=N–C) groups is 1. The minimum atomic E-state index is -0.435. The second kappa shape index (κ2) is 7.13. The minimum absolute atomic E-state index is 0.0941. The highest BCUT2D eigenvalue weighted by atomic mass is 32.2. The number of amides is 1. The van der Waals surface area contributed by atoms with Crippen LogP contribution in [0, 0.1) is 0 Å². The van der Waals surface area contributed by atoms with Gasteiger partial charge in [0.15, 0.2) is 5.17 Å². The number of hydrogen-bond acceptors (Lipinski definition) is 5. The first-order valence-electron chi connectivity index (χ1n) is 8.23. The first-order chi connectivity index (χ1) is 12.7. The first-order valence-corrected chi connectivity index (χ1v) is 9.22. The number of amidine groups is 1. The topological polar surface area (TPSA) is 76.3 Å². The molecule has 1 aromatic carbocycles. The van der Waals surface area contributed by atoms with Gasteiger partial charge in [0, 0.05) is 17.3 Å². The molecular weight excluding hydrogens is 348 g/mol. The van der Waals surface area contributed by atoms with Crippen molar-refractivity contribution in [2.75, 3.05) is 12.3 Å². The highest BCUT2D eigenvalue weighted by Gasteiger charge is 2.19. The summed E-state index contributed by atoms with van der Waals surface area (Å²) in [6, 6.07) is 14.9. The fourth-order valence-corrected chi connectivity index (χ4v) is 3.58. The average molecular weight is 364 g/mol. The maximum atomic E-state index is 13.0. The van der Waals surface area contributed by atoms with Gasteiger partial charge >= 0.3 is 0 Å². The van der Waals surface area contributed by atoms with Crippen molar-refractivity contribution < 1.29 is 4.79 Å². The van der Waals surface area contributed by atoms with Gasteiger partial charge < -0.3 is 5.32 Å². The Hall–Kier alpha value is -2.93. The van der Waals surface area contributed by atoms with E-state index in [1.54, 1.807) is 22.9 Å². The number of nitrogens with zero attached hydrogens (tertiary/aromatic N) is 3. The fraction of sp³-hybridized carbons (Fsp3) is 0.158. The van der Waals surface area contributed by atoms with Gasteiger partial charge in [-0.15, -0.1) is 0 Å². The average Bonchev–Trinajstić information content (AvgIpc) is 3.17. The monoisotopic (exact) mass is 364 g/mol. The van der Waals surface area contributed by atoms with Crippen LogP contribution in [-0.4, -0.2) is 32.9 Å². The molecule has 0 bridgehead atoms. The van der Waals surface area contributed by atoms with Gasteiger partial charge in [0.05, 0.1) is 13.1 Å². The molecule has 1 aliphatic rings. The summed E-state index contributed by atoms with van der Waals surface area (Å²) >= 11 is 1.48. The first kappa shape index (κ1) is 16.5. The van der Waals surface area contributed by atoms with E-state index < -0.39 is 5.91 Å². The number of fused-ring (bicyclic) bond motifs is 1. The molecule has 1 amide bonds. The number of carbonyl (C=O) groups excluding carboxylic acids is 1. The van der Waals surface area contributed by atoms with Crippen LogP contribution in [0.1, 0.15) is 15.9 Å². The van der Waals surface area contributed by atoms with Crippen LogP contribution in [0.2, 0.25) is 0 Å². The van der Waals surface area contributed by atoms with Crippen molar-refractivity contribution in [1.29, 1.82) is 0 Å². The third-order valence-electron chi connectivity index (χ3n) is 4.08. The Morgan fingerprint density at radius 2 is 2.04 bits per heavy atom. The lowest BCUT2D eigenvalue weighted by Crippen LogP contribution is -2.35. The van der Waals surface area contributed by atoms with E-state index in [2.05, 4.69) is 15.3 Å². The highest BCUT2D eigenvalue weighted by Crippen LogP contribution is 2.14. The van der Waals surface area contributed by atoms with Crippen LogP contribution in [0.25, 0.3) is 11.0 Å². The predicted octanol–water partition coefficient (Wildman–Crippen LogP) is 2.28. The van der Waals surface area contributed by atoms with Crippen molar-refractivity contribution in [2.45, 2.75) is 6.54 Å². The van der Waals surface area contributed by atoms with Crippen molar-refractivity contribution in [2.24, 2.45) is 4.99 Å². The van der Waals surface area contributed by atoms with E-state index in [1.165, 1.54) is 11.8 Å². The van der Waals surface area contributed by atoms with Crippen LogP contribution in [0.4, 0.5) is 0 Å². The number of benzene rings is 1. The van der Waals surface area contributed by atoms with Crippen molar-refractivity contribution >= 4 is 33.9 Å². The van der Waals surface area contributed by atoms with Gasteiger partial charge in [-0.25, -0.2) is 4.98 Å². The number of carbonyl (C=O) groups is 1. The van der Waals surface area contributed by atoms with Gasteiger partial charge in [0.1, 0.15) is 11.2 Å². The van der Waals surface area contributed by atoms with E-state index in [-0.39, 0.29) is 11.1 Å². The standard InChI is InChI=1S/C19H16N4O2S/c24-17(22-19-21-9-10-26-19)15-11-14-7-4-8-20-16(14)23(18(15)25)12-13-5-2-1-3-6-13/h1-8,11H,9-10,12H2,(H,21,22,24). The lowest BCUT2D eigenvalue weighted by atomic mass is 10.1. The van der Waals surface area contributed by atoms with Crippen LogP contribution in [-0.2, 0) is 6.54 Å². The molecule has 130 valence electrons. The molecule has 0 saturated heterocycles. The number of nitrogens with one attached hydrogen (secondary N) is 1. The Balaban J connectivity index is 1.80. The second-order valence-electron chi connectivity index (χ2n) is 5.84. The summed E-state index contributed by atoms with van der Waals surface area (Å²) in [7, 11) is 0. The van der Waals surface area contributed by atoms with E-state index >= 15 is 0 Å². The molecule has 0 aliphatic carbocycles. The normalized spacial score (nSPS) is 13.6. The summed E-state index contributed by atoms with van der Waals surface area (Å²) in [5.74, 6) is 0.408. The van der Waals surface area contributed by atoms with Crippen LogP contribution in [0.15, 0.2) is 64.5 Å². The summed E-state index contributed by atoms with van der Waals surface area (Å²) < 4.78 is 1.54. The van der Waals surface area contributed by atoms with Gasteiger partial charge in [-0.3, -0.25) is 19.1 Å². The second-order valence-corrected chi connectivity index (χ2v) is 6.92. The maximum Gasteiger partial charge on any atom is 0.265 e. The Labute approximate surface area is 154 Å². The molecule has 1 aliphatic heterocycles. The van der Waals surface area contributed by atoms with Crippen molar-refractivity contribution in [3.63, 3.8) is 0 Å². The van der Waals surface area contributed by atoms with E-state index in [0.29, 0.717) is 23.9 Å². The van der Waals surface area contributed by atoms with Gasteiger partial charge in [-0.1, -0.05) is 42.1 Å². The van der Waals surface area contributed by atoms with Crippen LogP contribution in [0.5, 0.6) is 0 Å². The molecule has 4 rings (SSSR count). The molecule has 26 heavy (non-hydrogen) atoms. The van der Waals surface area contributed by atoms with Crippen LogP contribution < -0.4 is 10.9 Å². The zero-order valence-corrected chi connectivity index (χ0v) is 14.7. The lowest BCUT2D eigenvalue weighted by molar-refractivity contribution is 0.0976. The Morgan fingerprint density at radius 1 is 1.19 bits per heavy atom. The third-order valence-corrected chi connectivity index (χ3v) is 4.97. The molecule has 0 saturated carbocycles. The largest absolute Gasteiger partial charge is 0.301 e. The highest BCUT2D eigenvalue weighted by molar-refractivity contribution is 8.14. The zero-order valence-electron chi connectivity index (χ0n) is 13.9. The van der Waals surface area contributed by atoms with Gasteiger partial charge in [-0.05, 0) is 23.8 Å². The van der Waals surface area contributed by atoms with Crippen molar-refractivity contribution in [3.8, 4) is 0 Å². The molecular formula is C19H16N4O2S. The van der Waals surface area contributed by atoms with Crippen molar-refractivity contribution in [1.82, 2.24) is 14.9 Å². The number of aromatic nitrogens is 2. The van der Waals surface area contributed by atoms with E-state index in [4.69, 9.17) is 0 Å². The molecule has 2 aromatic heterocycles. The quantitative estimate of drug-likeness (QED) is 0.774. The molecule has 0 unspecified atom stereocenters.